The molecule has 0 aliphatic rings. The van der Waals surface area contributed by atoms with E-state index >= 15 is 0 Å². The van der Waals surface area contributed by atoms with Gasteiger partial charge in [-0.05, 0) is 12.5 Å². The zero-order chi connectivity index (χ0) is 14.4. The van der Waals surface area contributed by atoms with Crippen molar-refractivity contribution < 1.29 is 9.53 Å². The smallest absolute Gasteiger partial charge is 0.166 e. The van der Waals surface area contributed by atoms with Crippen LogP contribution >= 0.6 is 0 Å². The maximum absolute atomic E-state index is 12.4. The molecule has 1 aromatic carbocycles. The first-order valence-corrected chi connectivity index (χ1v) is 6.87. The second-order valence-electron chi connectivity index (χ2n) is 4.67. The van der Waals surface area contributed by atoms with Gasteiger partial charge in [0.2, 0.25) is 0 Å². The van der Waals surface area contributed by atoms with Gasteiger partial charge in [-0.15, -0.1) is 0 Å². The average Bonchev–Trinajstić information content (AvgIpc) is 2.88. The molecule has 1 aromatic heterocycles. The molecule has 4 nitrogen and oxygen atoms in total. The highest BCUT2D eigenvalue weighted by Gasteiger charge is 2.20. The summed E-state index contributed by atoms with van der Waals surface area (Å²) in [5, 5.41) is 0. The minimum absolute atomic E-state index is 0.0982. The zero-order valence-electron chi connectivity index (χ0n) is 12.0. The molecule has 2 aromatic rings. The number of hydrogen-bond acceptors (Lipinski definition) is 3. The molecule has 106 valence electrons. The van der Waals surface area contributed by atoms with Crippen LogP contribution in [-0.2, 0) is 23.0 Å². The van der Waals surface area contributed by atoms with E-state index in [0.29, 0.717) is 19.4 Å². The van der Waals surface area contributed by atoms with Gasteiger partial charge in [-0.3, -0.25) is 4.79 Å². The van der Waals surface area contributed by atoms with Gasteiger partial charge in [0.1, 0.15) is 11.9 Å². The van der Waals surface area contributed by atoms with Crippen LogP contribution in [0.1, 0.15) is 30.8 Å². The molecule has 0 saturated carbocycles. The zero-order valence-corrected chi connectivity index (χ0v) is 12.0. The van der Waals surface area contributed by atoms with E-state index < -0.39 is 6.10 Å². The van der Waals surface area contributed by atoms with Crippen molar-refractivity contribution in [3.63, 3.8) is 0 Å². The molecule has 0 spiro atoms. The first kappa shape index (κ1) is 14.5. The molecule has 0 saturated heterocycles. The van der Waals surface area contributed by atoms with Gasteiger partial charge in [0.25, 0.3) is 0 Å². The first-order chi connectivity index (χ1) is 9.72. The van der Waals surface area contributed by atoms with Crippen molar-refractivity contribution in [3.8, 4) is 0 Å². The Bertz CT molecular complexity index is 549. The lowest BCUT2D eigenvalue weighted by Crippen LogP contribution is -2.17. The lowest BCUT2D eigenvalue weighted by atomic mass is 10.0. The number of aromatic nitrogens is 2. The summed E-state index contributed by atoms with van der Waals surface area (Å²) in [7, 11) is 1.93. The second kappa shape index (κ2) is 7.01. The number of carbonyl (C=O) groups is 1. The summed E-state index contributed by atoms with van der Waals surface area (Å²) in [6.07, 6.45) is 4.23. The van der Waals surface area contributed by atoms with Crippen LogP contribution in [0.2, 0.25) is 0 Å². The molecule has 0 amide bonds. The van der Waals surface area contributed by atoms with Crippen LogP contribution in [0.3, 0.4) is 0 Å². The largest absolute Gasteiger partial charge is 0.366 e. The summed E-state index contributed by atoms with van der Waals surface area (Å²) >= 11 is 0. The van der Waals surface area contributed by atoms with E-state index in [-0.39, 0.29) is 5.78 Å². The Hall–Kier alpha value is -1.94. The Morgan fingerprint density at radius 2 is 2.10 bits per heavy atom. The van der Waals surface area contributed by atoms with Gasteiger partial charge in [0.15, 0.2) is 5.78 Å². The van der Waals surface area contributed by atoms with Crippen molar-refractivity contribution in [1.82, 2.24) is 9.55 Å². The topological polar surface area (TPSA) is 44.1 Å². The van der Waals surface area contributed by atoms with Crippen LogP contribution in [0.15, 0.2) is 42.7 Å². The SMILES string of the molecule is CCOC(C(=O)CCc1nccn1C)c1ccccc1. The number of hydrogen-bond donors (Lipinski definition) is 0. The van der Waals surface area contributed by atoms with Crippen molar-refractivity contribution in [3.05, 3.63) is 54.1 Å². The third-order valence-electron chi connectivity index (χ3n) is 3.24. The molecule has 4 heteroatoms. The van der Waals surface area contributed by atoms with E-state index in [4.69, 9.17) is 4.74 Å². The van der Waals surface area contributed by atoms with Gasteiger partial charge in [-0.1, -0.05) is 30.3 Å². The number of ketones is 1. The monoisotopic (exact) mass is 272 g/mol. The molecule has 1 atom stereocenters. The Balaban J connectivity index is 2.02. The van der Waals surface area contributed by atoms with Crippen molar-refractivity contribution in [2.24, 2.45) is 7.05 Å². The maximum atomic E-state index is 12.4. The molecule has 1 unspecified atom stereocenters. The number of benzene rings is 1. The molecule has 1 heterocycles. The summed E-state index contributed by atoms with van der Waals surface area (Å²) in [5.74, 6) is 1.02. The molecule has 0 fully saturated rings. The van der Waals surface area contributed by atoms with E-state index in [1.807, 2.05) is 55.1 Å². The average molecular weight is 272 g/mol. The normalized spacial score (nSPS) is 12.3. The first-order valence-electron chi connectivity index (χ1n) is 6.87. The van der Waals surface area contributed by atoms with E-state index in [1.165, 1.54) is 0 Å². The fourth-order valence-electron chi connectivity index (χ4n) is 2.17. The molecule has 20 heavy (non-hydrogen) atoms. The van der Waals surface area contributed by atoms with Crippen molar-refractivity contribution in [1.29, 1.82) is 0 Å². The highest BCUT2D eigenvalue weighted by Crippen LogP contribution is 2.20. The molecule has 0 aliphatic carbocycles. The summed E-state index contributed by atoms with van der Waals surface area (Å²) in [6, 6.07) is 9.64. The highest BCUT2D eigenvalue weighted by molar-refractivity contribution is 5.84. The number of ether oxygens (including phenoxy) is 1. The van der Waals surface area contributed by atoms with Crippen LogP contribution < -0.4 is 0 Å². The number of Topliss-reactive ketones (excluding diaryl/α,β-unsaturated/α-hetero) is 1. The molecule has 0 radical (unpaired) electrons. The van der Waals surface area contributed by atoms with Crippen LogP contribution in [0.25, 0.3) is 0 Å². The van der Waals surface area contributed by atoms with Crippen molar-refractivity contribution >= 4 is 5.78 Å². The minimum Gasteiger partial charge on any atom is -0.366 e. The number of imidazole rings is 1. The van der Waals surface area contributed by atoms with Crippen LogP contribution in [0.5, 0.6) is 0 Å². The van der Waals surface area contributed by atoms with Gasteiger partial charge in [0.05, 0.1) is 0 Å². The predicted molar refractivity (Wildman–Crippen MR) is 77.3 cm³/mol. The Morgan fingerprint density at radius 3 is 2.70 bits per heavy atom. The van der Waals surface area contributed by atoms with Gasteiger partial charge in [-0.2, -0.15) is 0 Å². The molecule has 0 bridgehead atoms. The number of rotatable bonds is 7. The third kappa shape index (κ3) is 3.54. The summed E-state index contributed by atoms with van der Waals surface area (Å²) < 4.78 is 7.55. The summed E-state index contributed by atoms with van der Waals surface area (Å²) in [5.41, 5.74) is 0.916. The summed E-state index contributed by atoms with van der Waals surface area (Å²) in [6.45, 7) is 2.43. The van der Waals surface area contributed by atoms with E-state index in [2.05, 4.69) is 4.98 Å². The van der Waals surface area contributed by atoms with Gasteiger partial charge >= 0.3 is 0 Å². The lowest BCUT2D eigenvalue weighted by molar-refractivity contribution is -0.130. The van der Waals surface area contributed by atoms with E-state index in [1.54, 1.807) is 6.20 Å². The van der Waals surface area contributed by atoms with Gasteiger partial charge < -0.3 is 9.30 Å². The Kier molecular flexibility index (Phi) is 5.07. The Labute approximate surface area is 119 Å². The quantitative estimate of drug-likeness (QED) is 0.778. The molecular weight excluding hydrogens is 252 g/mol. The predicted octanol–water partition coefficient (Wildman–Crippen LogP) is 2.70. The van der Waals surface area contributed by atoms with Crippen LogP contribution in [-0.4, -0.2) is 21.9 Å². The van der Waals surface area contributed by atoms with Crippen molar-refractivity contribution in [2.45, 2.75) is 25.9 Å². The minimum atomic E-state index is -0.471. The third-order valence-corrected chi connectivity index (χ3v) is 3.24. The molecule has 0 aliphatic heterocycles. The van der Waals surface area contributed by atoms with Gasteiger partial charge in [0, 0.05) is 38.9 Å². The number of carbonyl (C=O) groups excluding carboxylic acids is 1. The van der Waals surface area contributed by atoms with Crippen LogP contribution in [0.4, 0.5) is 0 Å². The fraction of sp³-hybridized carbons (Fsp3) is 0.375. The Morgan fingerprint density at radius 1 is 1.35 bits per heavy atom. The van der Waals surface area contributed by atoms with E-state index in [0.717, 1.165) is 11.4 Å². The number of nitrogens with zero attached hydrogens (tertiary/aromatic N) is 2. The fourth-order valence-corrected chi connectivity index (χ4v) is 2.17. The number of aryl methyl sites for hydroxylation is 2. The standard InChI is InChI=1S/C16H20N2O2/c1-3-20-16(13-7-5-4-6-8-13)14(19)9-10-15-17-11-12-18(15)2/h4-8,11-12,16H,3,9-10H2,1-2H3. The molecule has 0 N–H and O–H groups in total. The molecule has 2 rings (SSSR count). The molecular formula is C16H20N2O2. The van der Waals surface area contributed by atoms with E-state index in [9.17, 15) is 4.79 Å². The van der Waals surface area contributed by atoms with Crippen molar-refractivity contribution in [2.75, 3.05) is 6.61 Å². The second-order valence-corrected chi connectivity index (χ2v) is 4.67. The highest BCUT2D eigenvalue weighted by atomic mass is 16.5. The van der Waals surface area contributed by atoms with Gasteiger partial charge in [-0.25, -0.2) is 4.98 Å². The lowest BCUT2D eigenvalue weighted by Gasteiger charge is -2.16. The summed E-state index contributed by atoms with van der Waals surface area (Å²) in [4.78, 5) is 16.6. The van der Waals surface area contributed by atoms with Crippen LogP contribution in [0, 0.1) is 0 Å². The maximum Gasteiger partial charge on any atom is 0.166 e.